The minimum atomic E-state index is 0. The smallest absolute Gasteiger partial charge is 0.193 e. The van der Waals surface area contributed by atoms with Gasteiger partial charge < -0.3 is 15.0 Å². The van der Waals surface area contributed by atoms with Crippen LogP contribution in [0.5, 0.6) is 0 Å². The number of nitrogens with one attached hydrogen (secondary N) is 1. The van der Waals surface area contributed by atoms with Crippen LogP contribution in [-0.2, 0) is 4.74 Å². The SMILES string of the molecule is CN=C(NCC1CC1)N1CCC(COC)C1.I. The van der Waals surface area contributed by atoms with Crippen molar-refractivity contribution in [2.45, 2.75) is 19.3 Å². The van der Waals surface area contributed by atoms with Crippen molar-refractivity contribution in [3.8, 4) is 0 Å². The lowest BCUT2D eigenvalue weighted by atomic mass is 10.1. The molecule has 0 amide bonds. The standard InChI is InChI=1S/C12H23N3O.HI/c1-13-12(14-7-10-3-4-10)15-6-5-11(8-15)9-16-2;/h10-11H,3-9H2,1-2H3,(H,13,14);1H. The second-order valence-corrected chi connectivity index (χ2v) is 4.93. The number of hydrogen-bond donors (Lipinski definition) is 1. The van der Waals surface area contributed by atoms with Gasteiger partial charge in [0.15, 0.2) is 5.96 Å². The Morgan fingerprint density at radius 1 is 1.35 bits per heavy atom. The van der Waals surface area contributed by atoms with Crippen LogP contribution in [0.15, 0.2) is 4.99 Å². The summed E-state index contributed by atoms with van der Waals surface area (Å²) in [6.07, 6.45) is 3.99. The van der Waals surface area contributed by atoms with Crippen LogP contribution in [0.4, 0.5) is 0 Å². The third-order valence-corrected chi connectivity index (χ3v) is 3.45. The van der Waals surface area contributed by atoms with E-state index in [0.717, 1.165) is 38.1 Å². The van der Waals surface area contributed by atoms with Crippen LogP contribution in [0.1, 0.15) is 19.3 Å². The molecule has 0 aromatic carbocycles. The first-order valence-corrected chi connectivity index (χ1v) is 6.28. The Bertz CT molecular complexity index is 256. The van der Waals surface area contributed by atoms with Gasteiger partial charge in [-0.3, -0.25) is 4.99 Å². The van der Waals surface area contributed by atoms with E-state index in [4.69, 9.17) is 4.74 Å². The number of methoxy groups -OCH3 is 1. The number of aliphatic imine (C=N–C) groups is 1. The molecule has 1 aliphatic carbocycles. The number of hydrogen-bond acceptors (Lipinski definition) is 2. The van der Waals surface area contributed by atoms with Gasteiger partial charge >= 0.3 is 0 Å². The molecule has 2 fully saturated rings. The second-order valence-electron chi connectivity index (χ2n) is 4.93. The maximum Gasteiger partial charge on any atom is 0.193 e. The molecule has 1 aliphatic heterocycles. The van der Waals surface area contributed by atoms with Crippen LogP contribution in [0.3, 0.4) is 0 Å². The zero-order valence-corrected chi connectivity index (χ0v) is 13.1. The van der Waals surface area contributed by atoms with Gasteiger partial charge in [0.05, 0.1) is 6.61 Å². The van der Waals surface area contributed by atoms with Crippen LogP contribution in [-0.4, -0.2) is 51.3 Å². The summed E-state index contributed by atoms with van der Waals surface area (Å²) in [5.74, 6) is 2.64. The van der Waals surface area contributed by atoms with Crippen molar-refractivity contribution in [1.29, 1.82) is 0 Å². The zero-order valence-electron chi connectivity index (χ0n) is 10.8. The maximum atomic E-state index is 5.21. The Morgan fingerprint density at radius 3 is 2.71 bits per heavy atom. The summed E-state index contributed by atoms with van der Waals surface area (Å²) in [5, 5.41) is 3.47. The van der Waals surface area contributed by atoms with Crippen molar-refractivity contribution in [2.24, 2.45) is 16.8 Å². The molecule has 1 atom stereocenters. The molecule has 1 N–H and O–H groups in total. The maximum absolute atomic E-state index is 5.21. The van der Waals surface area contributed by atoms with Crippen LogP contribution in [0.2, 0.25) is 0 Å². The van der Waals surface area contributed by atoms with Crippen molar-refractivity contribution >= 4 is 29.9 Å². The average molecular weight is 353 g/mol. The highest BCUT2D eigenvalue weighted by molar-refractivity contribution is 14.0. The fraction of sp³-hybridized carbons (Fsp3) is 0.917. The van der Waals surface area contributed by atoms with Crippen molar-refractivity contribution in [2.75, 3.05) is 40.4 Å². The van der Waals surface area contributed by atoms with E-state index in [2.05, 4.69) is 15.2 Å². The third kappa shape index (κ3) is 4.62. The average Bonchev–Trinajstić information content (AvgIpc) is 3.00. The molecule has 0 radical (unpaired) electrons. The Labute approximate surface area is 121 Å². The molecule has 2 rings (SSSR count). The predicted octanol–water partition coefficient (Wildman–Crippen LogP) is 1.56. The molecule has 17 heavy (non-hydrogen) atoms. The first-order valence-electron chi connectivity index (χ1n) is 6.28. The highest BCUT2D eigenvalue weighted by Gasteiger charge is 2.26. The van der Waals surface area contributed by atoms with E-state index < -0.39 is 0 Å². The van der Waals surface area contributed by atoms with Gasteiger partial charge in [-0.2, -0.15) is 0 Å². The molecule has 2 aliphatic rings. The van der Waals surface area contributed by atoms with Gasteiger partial charge in [-0.15, -0.1) is 24.0 Å². The highest BCUT2D eigenvalue weighted by Crippen LogP contribution is 2.27. The van der Waals surface area contributed by atoms with E-state index in [-0.39, 0.29) is 24.0 Å². The Balaban J connectivity index is 0.00000144. The van der Waals surface area contributed by atoms with Gasteiger partial charge in [0.25, 0.3) is 0 Å². The molecule has 1 saturated carbocycles. The number of nitrogens with zero attached hydrogens (tertiary/aromatic N) is 2. The molecule has 5 heteroatoms. The lowest BCUT2D eigenvalue weighted by Gasteiger charge is -2.21. The minimum absolute atomic E-state index is 0. The van der Waals surface area contributed by atoms with E-state index in [1.807, 2.05) is 7.05 Å². The number of likely N-dealkylation sites (tertiary alicyclic amines) is 1. The van der Waals surface area contributed by atoms with Gasteiger partial charge in [0.2, 0.25) is 0 Å². The molecule has 100 valence electrons. The lowest BCUT2D eigenvalue weighted by Crippen LogP contribution is -2.41. The first kappa shape index (κ1) is 15.0. The van der Waals surface area contributed by atoms with E-state index in [1.54, 1.807) is 7.11 Å². The summed E-state index contributed by atoms with van der Waals surface area (Å²) >= 11 is 0. The number of rotatable bonds is 4. The summed E-state index contributed by atoms with van der Waals surface area (Å²) in [4.78, 5) is 6.71. The molecule has 0 aromatic rings. The van der Waals surface area contributed by atoms with Crippen molar-refractivity contribution < 1.29 is 4.74 Å². The van der Waals surface area contributed by atoms with Gasteiger partial charge in [-0.25, -0.2) is 0 Å². The second kappa shape index (κ2) is 7.41. The third-order valence-electron chi connectivity index (χ3n) is 3.45. The summed E-state index contributed by atoms with van der Waals surface area (Å²) in [5.41, 5.74) is 0. The summed E-state index contributed by atoms with van der Waals surface area (Å²) < 4.78 is 5.21. The topological polar surface area (TPSA) is 36.9 Å². The van der Waals surface area contributed by atoms with Gasteiger partial charge in [0, 0.05) is 39.7 Å². The molecule has 1 unspecified atom stereocenters. The van der Waals surface area contributed by atoms with Crippen LogP contribution in [0.25, 0.3) is 0 Å². The molecule has 0 aromatic heterocycles. The lowest BCUT2D eigenvalue weighted by molar-refractivity contribution is 0.157. The van der Waals surface area contributed by atoms with E-state index in [0.29, 0.717) is 5.92 Å². The van der Waals surface area contributed by atoms with Gasteiger partial charge in [-0.05, 0) is 25.2 Å². The monoisotopic (exact) mass is 353 g/mol. The first-order chi connectivity index (χ1) is 7.83. The van der Waals surface area contributed by atoms with Crippen LogP contribution in [0, 0.1) is 11.8 Å². The molecular formula is C12H24IN3O. The normalized spacial score (nSPS) is 24.7. The fourth-order valence-electron chi connectivity index (χ4n) is 2.29. The van der Waals surface area contributed by atoms with Crippen LogP contribution >= 0.6 is 24.0 Å². The highest BCUT2D eigenvalue weighted by atomic mass is 127. The van der Waals surface area contributed by atoms with Crippen molar-refractivity contribution in [3.05, 3.63) is 0 Å². The van der Waals surface area contributed by atoms with Crippen molar-refractivity contribution in [3.63, 3.8) is 0 Å². The summed E-state index contributed by atoms with van der Waals surface area (Å²) in [7, 11) is 3.65. The minimum Gasteiger partial charge on any atom is -0.384 e. The van der Waals surface area contributed by atoms with Gasteiger partial charge in [-0.1, -0.05) is 0 Å². The Morgan fingerprint density at radius 2 is 2.12 bits per heavy atom. The Hall–Kier alpha value is -0.0400. The fourth-order valence-corrected chi connectivity index (χ4v) is 2.29. The van der Waals surface area contributed by atoms with E-state index in [1.165, 1.54) is 19.3 Å². The van der Waals surface area contributed by atoms with Gasteiger partial charge in [0.1, 0.15) is 0 Å². The number of guanidine groups is 1. The van der Waals surface area contributed by atoms with Crippen molar-refractivity contribution in [1.82, 2.24) is 10.2 Å². The molecular weight excluding hydrogens is 329 g/mol. The number of halogens is 1. The molecule has 1 saturated heterocycles. The zero-order chi connectivity index (χ0) is 11.4. The molecule has 4 nitrogen and oxygen atoms in total. The van der Waals surface area contributed by atoms with E-state index in [9.17, 15) is 0 Å². The largest absolute Gasteiger partial charge is 0.384 e. The van der Waals surface area contributed by atoms with E-state index >= 15 is 0 Å². The molecule has 0 bridgehead atoms. The molecule has 1 heterocycles. The quantitative estimate of drug-likeness (QED) is 0.474. The summed E-state index contributed by atoms with van der Waals surface area (Å²) in [6, 6.07) is 0. The summed E-state index contributed by atoms with van der Waals surface area (Å²) in [6.45, 7) is 4.16. The van der Waals surface area contributed by atoms with Crippen LogP contribution < -0.4 is 5.32 Å². The number of ether oxygens (including phenoxy) is 1. The molecule has 0 spiro atoms. The predicted molar refractivity (Wildman–Crippen MR) is 81.1 cm³/mol. The Kier molecular flexibility index (Phi) is 6.54.